The average Bonchev–Trinajstić information content (AvgIpc) is 2.65. The lowest BCUT2D eigenvalue weighted by molar-refractivity contribution is -0.137. The van der Waals surface area contributed by atoms with E-state index in [1.54, 1.807) is 0 Å². The van der Waals surface area contributed by atoms with Crippen molar-refractivity contribution in [2.24, 2.45) is 5.92 Å². The van der Waals surface area contributed by atoms with Crippen LogP contribution < -0.4 is 0 Å². The molecule has 2 rings (SSSR count). The lowest BCUT2D eigenvalue weighted by Crippen LogP contribution is -2.36. The molecule has 0 radical (unpaired) electrons. The molecule has 1 aromatic rings. The molecule has 1 saturated heterocycles. The van der Waals surface area contributed by atoms with Crippen LogP contribution in [0.3, 0.4) is 0 Å². The Morgan fingerprint density at radius 1 is 1.11 bits per heavy atom. The molecule has 0 atom stereocenters. The summed E-state index contributed by atoms with van der Waals surface area (Å²) in [6.07, 6.45) is 2.65. The van der Waals surface area contributed by atoms with Crippen molar-refractivity contribution < 1.29 is 23.1 Å². The number of carboxylic acid groups (broad SMARTS) is 1. The van der Waals surface area contributed by atoms with Gasteiger partial charge in [-0.1, -0.05) is 20.3 Å². The van der Waals surface area contributed by atoms with Gasteiger partial charge in [0.2, 0.25) is 10.0 Å². The average molecular weight is 397 g/mol. The Morgan fingerprint density at radius 2 is 1.70 bits per heavy atom. The van der Waals surface area contributed by atoms with Crippen LogP contribution in [0, 0.1) is 5.92 Å². The van der Waals surface area contributed by atoms with Gasteiger partial charge in [-0.25, -0.2) is 8.42 Å². The zero-order valence-corrected chi connectivity index (χ0v) is 16.7. The summed E-state index contributed by atoms with van der Waals surface area (Å²) in [5, 5.41) is 8.89. The third-order valence-electron chi connectivity index (χ3n) is 4.52. The summed E-state index contributed by atoms with van der Waals surface area (Å²) in [6.45, 7) is 5.53. The van der Waals surface area contributed by atoms with Gasteiger partial charge in [0.15, 0.2) is 0 Å². The number of hydrogen-bond acceptors (Lipinski definition) is 4. The molecule has 0 aromatic heterocycles. The first kappa shape index (κ1) is 21.4. The van der Waals surface area contributed by atoms with Crippen molar-refractivity contribution in [1.82, 2.24) is 9.21 Å². The van der Waals surface area contributed by atoms with E-state index in [2.05, 4.69) is 0 Å². The van der Waals surface area contributed by atoms with Gasteiger partial charge in [-0.05, 0) is 43.0 Å². The van der Waals surface area contributed by atoms with E-state index in [4.69, 9.17) is 5.11 Å². The predicted octanol–water partition coefficient (Wildman–Crippen LogP) is 2.43. The van der Waals surface area contributed by atoms with Gasteiger partial charge >= 0.3 is 5.97 Å². The number of nitrogens with zero attached hydrogens (tertiary/aromatic N) is 2. The van der Waals surface area contributed by atoms with Crippen molar-refractivity contribution in [2.75, 3.05) is 26.2 Å². The number of carboxylic acids is 1. The summed E-state index contributed by atoms with van der Waals surface area (Å²) in [5.74, 6) is -1.05. The first-order valence-electron chi connectivity index (χ1n) is 9.33. The molecule has 1 heterocycles. The molecule has 0 aliphatic carbocycles. The molecule has 150 valence electrons. The topological polar surface area (TPSA) is 95.0 Å². The number of rotatable bonds is 8. The van der Waals surface area contributed by atoms with Crippen LogP contribution >= 0.6 is 0 Å². The third kappa shape index (κ3) is 5.77. The summed E-state index contributed by atoms with van der Waals surface area (Å²) in [6, 6.07) is 5.93. The van der Waals surface area contributed by atoms with E-state index in [1.165, 1.54) is 33.5 Å². The third-order valence-corrected chi connectivity index (χ3v) is 6.44. The Kier molecular flexibility index (Phi) is 7.38. The van der Waals surface area contributed by atoms with Gasteiger partial charge in [-0.15, -0.1) is 0 Å². The molecule has 1 aliphatic heterocycles. The van der Waals surface area contributed by atoms with Gasteiger partial charge in [0.05, 0.1) is 11.3 Å². The molecule has 1 fully saturated rings. The Labute approximate surface area is 161 Å². The second-order valence-electron chi connectivity index (χ2n) is 7.28. The van der Waals surface area contributed by atoms with E-state index >= 15 is 0 Å². The van der Waals surface area contributed by atoms with Gasteiger partial charge in [-0.2, -0.15) is 4.31 Å². The lowest BCUT2D eigenvalue weighted by Gasteiger charge is -2.26. The lowest BCUT2D eigenvalue weighted by atomic mass is 10.1. The van der Waals surface area contributed by atoms with E-state index in [1.807, 2.05) is 13.8 Å². The Bertz CT molecular complexity index is 753. The van der Waals surface area contributed by atoms with Crippen LogP contribution in [-0.4, -0.2) is 60.8 Å². The highest BCUT2D eigenvalue weighted by atomic mass is 32.2. The van der Waals surface area contributed by atoms with Crippen LogP contribution in [-0.2, 0) is 14.8 Å². The first-order chi connectivity index (χ1) is 12.7. The highest BCUT2D eigenvalue weighted by molar-refractivity contribution is 7.89. The molecule has 0 spiro atoms. The highest BCUT2D eigenvalue weighted by Gasteiger charge is 2.26. The van der Waals surface area contributed by atoms with Crippen LogP contribution in [0.15, 0.2) is 29.2 Å². The molecule has 1 aromatic carbocycles. The van der Waals surface area contributed by atoms with E-state index < -0.39 is 16.0 Å². The largest absolute Gasteiger partial charge is 0.481 e. The fraction of sp³-hybridized carbons (Fsp3) is 0.579. The number of aliphatic carboxylic acids is 1. The van der Waals surface area contributed by atoms with Crippen molar-refractivity contribution in [3.8, 4) is 0 Å². The van der Waals surface area contributed by atoms with E-state index in [-0.39, 0.29) is 29.7 Å². The molecule has 0 bridgehead atoms. The fourth-order valence-electron chi connectivity index (χ4n) is 3.15. The number of carbonyl (C=O) groups is 2. The molecule has 0 saturated carbocycles. The van der Waals surface area contributed by atoms with Crippen LogP contribution in [0.5, 0.6) is 0 Å². The maximum absolute atomic E-state index is 12.7. The van der Waals surface area contributed by atoms with Gasteiger partial charge in [0.1, 0.15) is 0 Å². The minimum atomic E-state index is -3.53. The Balaban J connectivity index is 2.16. The SMILES string of the molecule is CC(C)CN(CCC(=O)O)C(=O)c1ccc(S(=O)(=O)N2CCCCC2)cc1. The zero-order chi connectivity index (χ0) is 20.0. The van der Waals surface area contributed by atoms with Crippen molar-refractivity contribution in [1.29, 1.82) is 0 Å². The smallest absolute Gasteiger partial charge is 0.305 e. The normalized spacial score (nSPS) is 15.7. The van der Waals surface area contributed by atoms with E-state index in [9.17, 15) is 18.0 Å². The van der Waals surface area contributed by atoms with Gasteiger partial charge in [0.25, 0.3) is 5.91 Å². The number of benzene rings is 1. The Morgan fingerprint density at radius 3 is 2.22 bits per heavy atom. The molecule has 1 aliphatic rings. The number of amides is 1. The second kappa shape index (κ2) is 9.32. The molecule has 27 heavy (non-hydrogen) atoms. The minimum absolute atomic E-state index is 0.125. The summed E-state index contributed by atoms with van der Waals surface area (Å²) < 4.78 is 26.9. The maximum atomic E-state index is 12.7. The summed E-state index contributed by atoms with van der Waals surface area (Å²) in [7, 11) is -3.53. The number of sulfonamides is 1. The molecule has 8 heteroatoms. The maximum Gasteiger partial charge on any atom is 0.305 e. The van der Waals surface area contributed by atoms with E-state index in [0.717, 1.165) is 19.3 Å². The van der Waals surface area contributed by atoms with Crippen LogP contribution in [0.2, 0.25) is 0 Å². The predicted molar refractivity (Wildman–Crippen MR) is 102 cm³/mol. The zero-order valence-electron chi connectivity index (χ0n) is 15.9. The minimum Gasteiger partial charge on any atom is -0.481 e. The molecule has 0 unspecified atom stereocenters. The van der Waals surface area contributed by atoms with Crippen LogP contribution in [0.4, 0.5) is 0 Å². The van der Waals surface area contributed by atoms with Crippen LogP contribution in [0.1, 0.15) is 49.9 Å². The molecule has 7 nitrogen and oxygen atoms in total. The van der Waals surface area contributed by atoms with Gasteiger partial charge in [0, 0.05) is 31.7 Å². The van der Waals surface area contributed by atoms with Crippen molar-refractivity contribution in [2.45, 2.75) is 44.4 Å². The van der Waals surface area contributed by atoms with Gasteiger partial charge < -0.3 is 10.0 Å². The second-order valence-corrected chi connectivity index (χ2v) is 9.22. The first-order valence-corrected chi connectivity index (χ1v) is 10.8. The number of hydrogen-bond donors (Lipinski definition) is 1. The molecule has 1 N–H and O–H groups in total. The standard InChI is InChI=1S/C19H28N2O5S/c1-15(2)14-20(13-10-18(22)23)19(24)16-6-8-17(9-7-16)27(25,26)21-11-4-3-5-12-21/h6-9,15H,3-5,10-14H2,1-2H3,(H,22,23). The van der Waals surface area contributed by atoms with E-state index in [0.29, 0.717) is 25.2 Å². The van der Waals surface area contributed by atoms with Crippen molar-refractivity contribution in [3.63, 3.8) is 0 Å². The molecular formula is C19H28N2O5S. The monoisotopic (exact) mass is 396 g/mol. The Hall–Kier alpha value is -1.93. The van der Waals surface area contributed by atoms with Crippen molar-refractivity contribution >= 4 is 21.9 Å². The summed E-state index contributed by atoms with van der Waals surface area (Å²) >= 11 is 0. The number of carbonyl (C=O) groups excluding carboxylic acids is 1. The summed E-state index contributed by atoms with van der Waals surface area (Å²) in [4.78, 5) is 25.3. The summed E-state index contributed by atoms with van der Waals surface area (Å²) in [5.41, 5.74) is 0.360. The van der Waals surface area contributed by atoms with Crippen LogP contribution in [0.25, 0.3) is 0 Å². The molecule has 1 amide bonds. The highest BCUT2D eigenvalue weighted by Crippen LogP contribution is 2.21. The fourth-order valence-corrected chi connectivity index (χ4v) is 4.67. The van der Waals surface area contributed by atoms with Crippen molar-refractivity contribution in [3.05, 3.63) is 29.8 Å². The molecular weight excluding hydrogens is 368 g/mol. The van der Waals surface area contributed by atoms with Gasteiger partial charge in [-0.3, -0.25) is 9.59 Å². The number of piperidine rings is 1. The quantitative estimate of drug-likeness (QED) is 0.728.